The maximum absolute atomic E-state index is 14.7. The number of carbonyl (C=O) groups is 3. The number of carbonyl (C=O) groups excluding carboxylic acids is 3. The number of nitrogens with zero attached hydrogens (tertiary/aromatic N) is 1. The van der Waals surface area contributed by atoms with Gasteiger partial charge in [0.1, 0.15) is 22.7 Å². The van der Waals surface area contributed by atoms with Crippen molar-refractivity contribution >= 4 is 29.1 Å². The number of anilines is 1. The number of halogens is 1. The zero-order chi connectivity index (χ0) is 28.6. The first-order chi connectivity index (χ1) is 19.0. The molecule has 1 fully saturated rings. The minimum Gasteiger partial charge on any atom is -0.497 e. The van der Waals surface area contributed by atoms with Crippen LogP contribution in [0.1, 0.15) is 58.5 Å². The van der Waals surface area contributed by atoms with Crippen molar-refractivity contribution < 1.29 is 28.2 Å². The molecule has 0 N–H and O–H groups in total. The van der Waals surface area contributed by atoms with Crippen LogP contribution in [-0.4, -0.2) is 43.7 Å². The Morgan fingerprint density at radius 3 is 2.20 bits per heavy atom. The highest BCUT2D eigenvalue weighted by Crippen LogP contribution is 2.62. The third-order valence-electron chi connectivity index (χ3n) is 8.55. The fourth-order valence-corrected chi connectivity index (χ4v) is 6.81. The van der Waals surface area contributed by atoms with Crippen molar-refractivity contribution in [1.82, 2.24) is 0 Å². The quantitative estimate of drug-likeness (QED) is 0.385. The van der Waals surface area contributed by atoms with E-state index in [1.54, 1.807) is 67.8 Å². The molecular formula is C33H30FNO5. The van der Waals surface area contributed by atoms with E-state index >= 15 is 0 Å². The van der Waals surface area contributed by atoms with Crippen molar-refractivity contribution in [2.45, 2.75) is 38.8 Å². The van der Waals surface area contributed by atoms with Crippen LogP contribution in [0.2, 0.25) is 0 Å². The zero-order valence-corrected chi connectivity index (χ0v) is 23.0. The molecule has 1 aliphatic carbocycles. The molecule has 0 amide bonds. The van der Waals surface area contributed by atoms with Crippen LogP contribution in [0.15, 0.2) is 66.7 Å². The van der Waals surface area contributed by atoms with E-state index in [2.05, 4.69) is 0 Å². The van der Waals surface area contributed by atoms with Gasteiger partial charge in [-0.25, -0.2) is 4.39 Å². The van der Waals surface area contributed by atoms with Gasteiger partial charge >= 0.3 is 0 Å². The van der Waals surface area contributed by atoms with Crippen molar-refractivity contribution in [3.63, 3.8) is 0 Å². The van der Waals surface area contributed by atoms with Gasteiger partial charge in [0.05, 0.1) is 26.3 Å². The average molecular weight is 540 g/mol. The Morgan fingerprint density at radius 2 is 1.60 bits per heavy atom. The molecule has 6 nitrogen and oxygen atoms in total. The third-order valence-corrected chi connectivity index (χ3v) is 8.55. The van der Waals surface area contributed by atoms with Crippen molar-refractivity contribution in [2.24, 2.45) is 10.8 Å². The second-order valence-corrected chi connectivity index (χ2v) is 11.6. The van der Waals surface area contributed by atoms with E-state index in [-0.39, 0.29) is 17.3 Å². The maximum Gasteiger partial charge on any atom is 0.180 e. The number of ketones is 3. The molecule has 0 aromatic heterocycles. The van der Waals surface area contributed by atoms with Gasteiger partial charge < -0.3 is 14.4 Å². The van der Waals surface area contributed by atoms with Crippen LogP contribution in [0.5, 0.6) is 11.5 Å². The summed E-state index contributed by atoms with van der Waals surface area (Å²) in [5.74, 6) is -1.16. The largest absolute Gasteiger partial charge is 0.497 e. The summed E-state index contributed by atoms with van der Waals surface area (Å²) >= 11 is 0. The summed E-state index contributed by atoms with van der Waals surface area (Å²) in [6, 6.07) is 14.7. The number of Topliss-reactive ketones (excluding diaryl/α,β-unsaturated/α-hetero) is 3. The van der Waals surface area contributed by atoms with Crippen LogP contribution in [-0.2, 0) is 4.79 Å². The Balaban J connectivity index is 1.72. The Kier molecular flexibility index (Phi) is 5.77. The van der Waals surface area contributed by atoms with E-state index in [1.165, 1.54) is 19.2 Å². The molecular weight excluding hydrogens is 509 g/mol. The first kappa shape index (κ1) is 26.0. The van der Waals surface area contributed by atoms with Gasteiger partial charge in [-0.2, -0.15) is 0 Å². The van der Waals surface area contributed by atoms with Crippen molar-refractivity contribution in [3.8, 4) is 11.5 Å². The van der Waals surface area contributed by atoms with Crippen LogP contribution < -0.4 is 14.4 Å². The Morgan fingerprint density at radius 1 is 0.925 bits per heavy atom. The fraction of sp³-hybridized carbons (Fsp3) is 0.303. The molecule has 0 radical (unpaired) electrons. The van der Waals surface area contributed by atoms with Crippen LogP contribution in [0, 0.1) is 16.6 Å². The number of hydrogen-bond donors (Lipinski definition) is 0. The Hall–Kier alpha value is -4.26. The average Bonchev–Trinajstić information content (AvgIpc) is 3.37. The SMILES string of the molecule is COc1ccc([C@@H]2[C@H](C(=O)C(C)(C)C)N3c4ccc(F)cc4C=C[C@@H]3C23C(=O)c2ccccc2C3=O)c(OC)c1. The molecule has 6 rings (SSSR count). The topological polar surface area (TPSA) is 72.9 Å². The van der Waals surface area contributed by atoms with Crippen LogP contribution in [0.25, 0.3) is 6.08 Å². The van der Waals surface area contributed by atoms with Crippen molar-refractivity contribution in [2.75, 3.05) is 19.1 Å². The molecule has 2 heterocycles. The van der Waals surface area contributed by atoms with Crippen LogP contribution >= 0.6 is 0 Å². The first-order valence-corrected chi connectivity index (χ1v) is 13.3. The maximum atomic E-state index is 14.7. The molecule has 0 bridgehead atoms. The molecule has 2 aliphatic heterocycles. The summed E-state index contributed by atoms with van der Waals surface area (Å²) < 4.78 is 25.6. The number of benzene rings is 3. The van der Waals surface area contributed by atoms with Gasteiger partial charge in [0.25, 0.3) is 0 Å². The lowest BCUT2D eigenvalue weighted by Gasteiger charge is -2.38. The van der Waals surface area contributed by atoms with Crippen molar-refractivity contribution in [1.29, 1.82) is 0 Å². The molecule has 3 aromatic carbocycles. The summed E-state index contributed by atoms with van der Waals surface area (Å²) in [5, 5.41) is 0. The third kappa shape index (κ3) is 3.36. The molecule has 1 spiro atoms. The van der Waals surface area contributed by atoms with Crippen molar-refractivity contribution in [3.05, 3.63) is 94.8 Å². The Labute approximate surface area is 232 Å². The number of ether oxygens (including phenoxy) is 2. The number of hydrogen-bond acceptors (Lipinski definition) is 6. The van der Waals surface area contributed by atoms with E-state index in [1.807, 2.05) is 25.7 Å². The van der Waals surface area contributed by atoms with E-state index in [4.69, 9.17) is 9.47 Å². The van der Waals surface area contributed by atoms with E-state index < -0.39 is 34.6 Å². The summed E-state index contributed by atoms with van der Waals surface area (Å²) in [5.41, 5.74) is -0.0542. The minimum absolute atomic E-state index is 0.139. The van der Waals surface area contributed by atoms with E-state index in [9.17, 15) is 18.8 Å². The second kappa shape index (κ2) is 8.88. The van der Waals surface area contributed by atoms with E-state index in [0.29, 0.717) is 39.4 Å². The van der Waals surface area contributed by atoms with Gasteiger partial charge in [-0.15, -0.1) is 0 Å². The molecule has 3 aliphatic rings. The highest BCUT2D eigenvalue weighted by Gasteiger charge is 2.72. The lowest BCUT2D eigenvalue weighted by Crippen LogP contribution is -2.49. The summed E-state index contributed by atoms with van der Waals surface area (Å²) in [4.78, 5) is 45.7. The number of fused-ring (bicyclic) bond motifs is 5. The first-order valence-electron chi connectivity index (χ1n) is 13.3. The van der Waals surface area contributed by atoms with E-state index in [0.717, 1.165) is 0 Å². The van der Waals surface area contributed by atoms with Gasteiger partial charge in [-0.3, -0.25) is 14.4 Å². The van der Waals surface area contributed by atoms with Gasteiger partial charge in [-0.1, -0.05) is 63.3 Å². The van der Waals surface area contributed by atoms with Crippen LogP contribution in [0.4, 0.5) is 10.1 Å². The molecule has 0 unspecified atom stereocenters. The van der Waals surface area contributed by atoms with Gasteiger partial charge in [0.15, 0.2) is 17.3 Å². The van der Waals surface area contributed by atoms with Gasteiger partial charge in [0, 0.05) is 45.3 Å². The second-order valence-electron chi connectivity index (χ2n) is 11.6. The zero-order valence-electron chi connectivity index (χ0n) is 23.0. The predicted octanol–water partition coefficient (Wildman–Crippen LogP) is 5.89. The molecule has 40 heavy (non-hydrogen) atoms. The number of methoxy groups -OCH3 is 2. The monoisotopic (exact) mass is 539 g/mol. The van der Waals surface area contributed by atoms with Gasteiger partial charge in [-0.05, 0) is 24.3 Å². The highest BCUT2D eigenvalue weighted by atomic mass is 19.1. The lowest BCUT2D eigenvalue weighted by molar-refractivity contribution is -0.127. The number of rotatable bonds is 4. The normalized spacial score (nSPS) is 22.2. The lowest BCUT2D eigenvalue weighted by atomic mass is 9.63. The standard InChI is InChI=1S/C33H30FNO5/c1-32(2,3)31(38)28-27(23-13-12-20(39-4)17-25(23)40-5)33(29(36)21-8-6-7-9-22(21)30(33)37)26-15-10-18-16-19(34)11-14-24(18)35(26)28/h6-17,26-28H,1-5H3/t26-,27-,28-/m1/s1. The summed E-state index contributed by atoms with van der Waals surface area (Å²) in [7, 11) is 3.05. The highest BCUT2D eigenvalue weighted by molar-refractivity contribution is 6.32. The van der Waals surface area contributed by atoms with Crippen LogP contribution in [0.3, 0.4) is 0 Å². The molecule has 0 saturated carbocycles. The minimum atomic E-state index is -1.65. The summed E-state index contributed by atoms with van der Waals surface area (Å²) in [6.45, 7) is 5.49. The fourth-order valence-electron chi connectivity index (χ4n) is 6.81. The molecule has 1 saturated heterocycles. The Bertz CT molecular complexity index is 1580. The smallest absolute Gasteiger partial charge is 0.180 e. The molecule has 204 valence electrons. The molecule has 7 heteroatoms. The van der Waals surface area contributed by atoms with Gasteiger partial charge in [0.2, 0.25) is 0 Å². The predicted molar refractivity (Wildman–Crippen MR) is 150 cm³/mol. The molecule has 3 atom stereocenters. The molecule has 3 aromatic rings. The summed E-state index contributed by atoms with van der Waals surface area (Å²) in [6.07, 6.45) is 3.53.